The summed E-state index contributed by atoms with van der Waals surface area (Å²) in [7, 11) is 0. The van der Waals surface area contributed by atoms with Gasteiger partial charge in [-0.1, -0.05) is 48.9 Å². The van der Waals surface area contributed by atoms with E-state index in [0.717, 1.165) is 37.5 Å². The number of carbonyl (C=O) groups is 1. The number of aromatic nitrogens is 4. The molecule has 2 aliphatic rings. The molecule has 0 atom stereocenters. The molecule has 1 fully saturated rings. The third-order valence-electron chi connectivity index (χ3n) is 6.17. The number of amides is 1. The second kappa shape index (κ2) is 8.83. The van der Waals surface area contributed by atoms with Crippen LogP contribution in [-0.4, -0.2) is 55.4 Å². The monoisotopic (exact) mass is 414 g/mol. The fourth-order valence-corrected chi connectivity index (χ4v) is 5.05. The molecule has 1 N–H and O–H groups in total. The number of hydrogen-bond acceptors (Lipinski definition) is 6. The van der Waals surface area contributed by atoms with E-state index in [-0.39, 0.29) is 11.4 Å². The van der Waals surface area contributed by atoms with Gasteiger partial charge in [0.25, 0.3) is 0 Å². The zero-order valence-corrected chi connectivity index (χ0v) is 18.1. The van der Waals surface area contributed by atoms with Gasteiger partial charge in [0.2, 0.25) is 11.1 Å². The fourth-order valence-electron chi connectivity index (χ4n) is 4.28. The molecule has 0 bridgehead atoms. The number of rotatable bonds is 7. The zero-order valence-electron chi connectivity index (χ0n) is 17.3. The Morgan fingerprint density at radius 1 is 1.24 bits per heavy atom. The number of nitrogens with zero attached hydrogens (tertiary/aromatic N) is 5. The molecular weight excluding hydrogens is 384 g/mol. The Hall–Kier alpha value is -1.93. The second-order valence-electron chi connectivity index (χ2n) is 8.66. The van der Waals surface area contributed by atoms with Crippen LogP contribution in [0, 0.1) is 0 Å². The Labute approximate surface area is 176 Å². The van der Waals surface area contributed by atoms with Gasteiger partial charge in [-0.15, -0.1) is 5.10 Å². The molecular formula is C21H30N6OS. The second-order valence-corrected chi connectivity index (χ2v) is 9.60. The average molecular weight is 415 g/mol. The van der Waals surface area contributed by atoms with E-state index in [4.69, 9.17) is 0 Å². The molecule has 8 heteroatoms. The Morgan fingerprint density at radius 2 is 2.00 bits per heavy atom. The lowest BCUT2D eigenvalue weighted by atomic mass is 9.94. The molecule has 1 aliphatic carbocycles. The minimum absolute atomic E-state index is 0.0291. The topological polar surface area (TPSA) is 75.9 Å². The van der Waals surface area contributed by atoms with Gasteiger partial charge in [0.05, 0.1) is 11.8 Å². The Balaban J connectivity index is 1.27. The van der Waals surface area contributed by atoms with E-state index < -0.39 is 0 Å². The lowest BCUT2D eigenvalue weighted by molar-refractivity contribution is -0.119. The van der Waals surface area contributed by atoms with Gasteiger partial charge in [0, 0.05) is 25.2 Å². The van der Waals surface area contributed by atoms with E-state index in [1.165, 1.54) is 35.7 Å². The van der Waals surface area contributed by atoms with Crippen LogP contribution in [-0.2, 0) is 17.8 Å². The molecule has 0 radical (unpaired) electrons. The molecule has 0 unspecified atom stereocenters. The van der Waals surface area contributed by atoms with E-state index in [9.17, 15) is 4.79 Å². The molecule has 2 aromatic rings. The highest BCUT2D eigenvalue weighted by Gasteiger charge is 2.30. The first kappa shape index (κ1) is 20.3. The molecule has 2 heterocycles. The van der Waals surface area contributed by atoms with Crippen molar-refractivity contribution >= 4 is 17.7 Å². The molecule has 1 amide bonds. The van der Waals surface area contributed by atoms with Gasteiger partial charge in [0.15, 0.2) is 0 Å². The maximum atomic E-state index is 12.5. The van der Waals surface area contributed by atoms with Crippen LogP contribution in [0.3, 0.4) is 0 Å². The highest BCUT2D eigenvalue weighted by molar-refractivity contribution is 7.99. The standard InChI is InChI=1S/C21H30N6OS/c1-21(2,26-12-11-16-7-3-4-8-17(16)13-26)15-22-19(28)14-29-20-23-24-25-27(20)18-9-5-6-10-18/h3-4,7-8,18H,5-6,9-15H2,1-2H3,(H,22,28). The minimum atomic E-state index is -0.0979. The molecule has 1 aromatic heterocycles. The highest BCUT2D eigenvalue weighted by atomic mass is 32.2. The van der Waals surface area contributed by atoms with E-state index in [1.54, 1.807) is 0 Å². The quantitative estimate of drug-likeness (QED) is 0.702. The van der Waals surface area contributed by atoms with Crippen molar-refractivity contribution in [3.05, 3.63) is 35.4 Å². The Bertz CT molecular complexity index is 845. The smallest absolute Gasteiger partial charge is 0.230 e. The number of benzene rings is 1. The summed E-state index contributed by atoms with van der Waals surface area (Å²) in [5.41, 5.74) is 2.74. The third-order valence-corrected chi connectivity index (χ3v) is 7.10. The molecule has 156 valence electrons. The van der Waals surface area contributed by atoms with Gasteiger partial charge in [0.1, 0.15) is 0 Å². The van der Waals surface area contributed by atoms with Crippen LogP contribution in [0.1, 0.15) is 56.7 Å². The van der Waals surface area contributed by atoms with Gasteiger partial charge < -0.3 is 5.32 Å². The van der Waals surface area contributed by atoms with Gasteiger partial charge in [-0.3, -0.25) is 9.69 Å². The van der Waals surface area contributed by atoms with Crippen LogP contribution < -0.4 is 5.32 Å². The van der Waals surface area contributed by atoms with Crippen molar-refractivity contribution in [1.82, 2.24) is 30.4 Å². The van der Waals surface area contributed by atoms with Crippen LogP contribution >= 0.6 is 11.8 Å². The van der Waals surface area contributed by atoms with E-state index in [1.807, 2.05) is 4.68 Å². The van der Waals surface area contributed by atoms with Crippen LogP contribution in [0.15, 0.2) is 29.4 Å². The van der Waals surface area contributed by atoms with Crippen LogP contribution in [0.4, 0.5) is 0 Å². The lowest BCUT2D eigenvalue weighted by Gasteiger charge is -2.41. The number of fused-ring (bicyclic) bond motifs is 1. The van der Waals surface area contributed by atoms with Crippen molar-refractivity contribution in [2.45, 2.75) is 69.2 Å². The fraction of sp³-hybridized carbons (Fsp3) is 0.619. The van der Waals surface area contributed by atoms with Gasteiger partial charge in [-0.25, -0.2) is 4.68 Å². The molecule has 7 nitrogen and oxygen atoms in total. The summed E-state index contributed by atoms with van der Waals surface area (Å²) in [6.45, 7) is 6.99. The first-order valence-corrected chi connectivity index (χ1v) is 11.5. The lowest BCUT2D eigenvalue weighted by Crippen LogP contribution is -2.53. The molecule has 4 rings (SSSR count). The third kappa shape index (κ3) is 4.80. The summed E-state index contributed by atoms with van der Waals surface area (Å²) in [6, 6.07) is 9.03. The summed E-state index contributed by atoms with van der Waals surface area (Å²) in [6.07, 6.45) is 5.76. The summed E-state index contributed by atoms with van der Waals surface area (Å²) < 4.78 is 1.90. The van der Waals surface area contributed by atoms with Crippen molar-refractivity contribution in [2.75, 3.05) is 18.8 Å². The minimum Gasteiger partial charge on any atom is -0.354 e. The van der Waals surface area contributed by atoms with Crippen molar-refractivity contribution < 1.29 is 4.79 Å². The van der Waals surface area contributed by atoms with E-state index >= 15 is 0 Å². The van der Waals surface area contributed by atoms with Crippen molar-refractivity contribution in [2.24, 2.45) is 0 Å². The highest BCUT2D eigenvalue weighted by Crippen LogP contribution is 2.31. The predicted octanol–water partition coefficient (Wildman–Crippen LogP) is 2.83. The Kier molecular flexibility index (Phi) is 6.20. The van der Waals surface area contributed by atoms with Crippen molar-refractivity contribution in [3.8, 4) is 0 Å². The number of nitrogens with one attached hydrogen (secondary N) is 1. The number of tetrazole rings is 1. The summed E-state index contributed by atoms with van der Waals surface area (Å²) in [4.78, 5) is 14.9. The maximum Gasteiger partial charge on any atom is 0.230 e. The van der Waals surface area contributed by atoms with E-state index in [2.05, 4.69) is 63.9 Å². The van der Waals surface area contributed by atoms with Crippen molar-refractivity contribution in [1.29, 1.82) is 0 Å². The number of carbonyl (C=O) groups excluding carboxylic acids is 1. The molecule has 1 aliphatic heterocycles. The molecule has 1 saturated carbocycles. The SMILES string of the molecule is CC(C)(CNC(=O)CSc1nnnn1C1CCCC1)N1CCc2ccccc2C1. The number of hydrogen-bond donors (Lipinski definition) is 1. The van der Waals surface area contributed by atoms with Gasteiger partial charge >= 0.3 is 0 Å². The number of thioether (sulfide) groups is 1. The van der Waals surface area contributed by atoms with Gasteiger partial charge in [-0.05, 0) is 54.7 Å². The molecule has 1 aromatic carbocycles. The van der Waals surface area contributed by atoms with Crippen LogP contribution in [0.2, 0.25) is 0 Å². The average Bonchev–Trinajstić information content (AvgIpc) is 3.42. The Morgan fingerprint density at radius 3 is 2.79 bits per heavy atom. The largest absolute Gasteiger partial charge is 0.354 e. The summed E-state index contributed by atoms with van der Waals surface area (Å²) >= 11 is 1.43. The van der Waals surface area contributed by atoms with E-state index in [0.29, 0.717) is 18.3 Å². The first-order chi connectivity index (χ1) is 14.0. The van der Waals surface area contributed by atoms with Gasteiger partial charge in [-0.2, -0.15) is 0 Å². The maximum absolute atomic E-state index is 12.5. The predicted molar refractivity (Wildman–Crippen MR) is 114 cm³/mol. The summed E-state index contributed by atoms with van der Waals surface area (Å²) in [5.74, 6) is 0.368. The first-order valence-electron chi connectivity index (χ1n) is 10.5. The summed E-state index contributed by atoms with van der Waals surface area (Å²) in [5, 5.41) is 15.9. The normalized spacial score (nSPS) is 18.0. The molecule has 0 saturated heterocycles. The van der Waals surface area contributed by atoms with Crippen molar-refractivity contribution in [3.63, 3.8) is 0 Å². The molecule has 29 heavy (non-hydrogen) atoms. The molecule has 0 spiro atoms. The van der Waals surface area contributed by atoms with Crippen LogP contribution in [0.25, 0.3) is 0 Å². The van der Waals surface area contributed by atoms with Crippen LogP contribution in [0.5, 0.6) is 0 Å². The zero-order chi connectivity index (χ0) is 20.3.